The lowest BCUT2D eigenvalue weighted by atomic mass is 10.0. The zero-order valence-electron chi connectivity index (χ0n) is 20.3. The van der Waals surface area contributed by atoms with E-state index in [4.69, 9.17) is 9.47 Å². The van der Waals surface area contributed by atoms with E-state index in [1.165, 1.54) is 6.33 Å². The summed E-state index contributed by atoms with van der Waals surface area (Å²) in [5, 5.41) is 8.66. The van der Waals surface area contributed by atoms with Crippen LogP contribution in [0.3, 0.4) is 0 Å². The maximum Gasteiger partial charge on any atom is 0.260 e. The second-order valence-electron chi connectivity index (χ2n) is 9.65. The molecule has 0 saturated carbocycles. The first kappa shape index (κ1) is 22.3. The molecule has 2 aliphatic rings. The summed E-state index contributed by atoms with van der Waals surface area (Å²) >= 11 is 0. The van der Waals surface area contributed by atoms with Crippen molar-refractivity contribution in [2.75, 3.05) is 37.7 Å². The van der Waals surface area contributed by atoms with Crippen LogP contribution in [0.1, 0.15) is 19.4 Å². The maximum absolute atomic E-state index is 12.9. The van der Waals surface area contributed by atoms with E-state index in [9.17, 15) is 4.79 Å². The third-order valence-electron chi connectivity index (χ3n) is 6.56. The van der Waals surface area contributed by atoms with E-state index < -0.39 is 0 Å². The van der Waals surface area contributed by atoms with Crippen molar-refractivity contribution in [3.63, 3.8) is 0 Å². The monoisotopic (exact) mass is 485 g/mol. The normalized spacial score (nSPS) is 16.6. The molecule has 0 bridgehead atoms. The van der Waals surface area contributed by atoms with Gasteiger partial charge in [0.25, 0.3) is 5.91 Å². The SMILES string of the molecule is CC1(C)Cc2cccc(OCC(=O)N3CCN(c4ncnc5c4nnn5-c4ccccc4)CC3)c2O1. The molecule has 10 heteroatoms. The lowest BCUT2D eigenvalue weighted by Gasteiger charge is -2.35. The quantitative estimate of drug-likeness (QED) is 0.426. The highest BCUT2D eigenvalue weighted by molar-refractivity contribution is 5.84. The minimum absolute atomic E-state index is 0.0244. The molecule has 0 aliphatic carbocycles. The largest absolute Gasteiger partial charge is 0.483 e. The Morgan fingerprint density at radius 1 is 1.03 bits per heavy atom. The van der Waals surface area contributed by atoms with Crippen LogP contribution in [0.4, 0.5) is 5.82 Å². The third-order valence-corrected chi connectivity index (χ3v) is 6.56. The number of aromatic nitrogens is 5. The van der Waals surface area contributed by atoms with Gasteiger partial charge in [-0.15, -0.1) is 5.10 Å². The number of anilines is 1. The second-order valence-corrected chi connectivity index (χ2v) is 9.65. The molecule has 1 amide bonds. The van der Waals surface area contributed by atoms with E-state index in [-0.39, 0.29) is 18.1 Å². The Balaban J connectivity index is 1.11. The van der Waals surface area contributed by atoms with Crippen LogP contribution in [0.15, 0.2) is 54.9 Å². The Kier molecular flexibility index (Phi) is 5.43. The van der Waals surface area contributed by atoms with Crippen LogP contribution in [0.2, 0.25) is 0 Å². The molecule has 2 aromatic carbocycles. The van der Waals surface area contributed by atoms with Gasteiger partial charge in [-0.25, -0.2) is 9.97 Å². The van der Waals surface area contributed by atoms with Crippen molar-refractivity contribution in [1.29, 1.82) is 0 Å². The van der Waals surface area contributed by atoms with Crippen LogP contribution >= 0.6 is 0 Å². The first-order valence-corrected chi connectivity index (χ1v) is 12.1. The number of piperazine rings is 1. The molecule has 2 aliphatic heterocycles. The highest BCUT2D eigenvalue weighted by atomic mass is 16.5. The summed E-state index contributed by atoms with van der Waals surface area (Å²) in [6, 6.07) is 15.6. The van der Waals surface area contributed by atoms with E-state index >= 15 is 0 Å². The Morgan fingerprint density at radius 2 is 1.83 bits per heavy atom. The topological polar surface area (TPSA) is 98.5 Å². The summed E-state index contributed by atoms with van der Waals surface area (Å²) in [5.74, 6) is 2.05. The fourth-order valence-electron chi connectivity index (χ4n) is 4.81. The van der Waals surface area contributed by atoms with Gasteiger partial charge in [0.05, 0.1) is 5.69 Å². The summed E-state index contributed by atoms with van der Waals surface area (Å²) < 4.78 is 13.7. The Morgan fingerprint density at radius 3 is 2.64 bits per heavy atom. The number of benzene rings is 2. The summed E-state index contributed by atoms with van der Waals surface area (Å²) in [4.78, 5) is 25.7. The predicted octanol–water partition coefficient (Wildman–Crippen LogP) is 2.65. The maximum atomic E-state index is 12.9. The van der Waals surface area contributed by atoms with Crippen LogP contribution in [0.5, 0.6) is 11.5 Å². The van der Waals surface area contributed by atoms with Crippen molar-refractivity contribution in [2.24, 2.45) is 0 Å². The van der Waals surface area contributed by atoms with Crippen molar-refractivity contribution in [1.82, 2.24) is 29.9 Å². The number of carbonyl (C=O) groups excluding carboxylic acids is 1. The van der Waals surface area contributed by atoms with Crippen molar-refractivity contribution in [2.45, 2.75) is 25.9 Å². The molecule has 36 heavy (non-hydrogen) atoms. The minimum atomic E-state index is -0.263. The van der Waals surface area contributed by atoms with Crippen molar-refractivity contribution < 1.29 is 14.3 Å². The van der Waals surface area contributed by atoms with Crippen LogP contribution in [-0.2, 0) is 11.2 Å². The lowest BCUT2D eigenvalue weighted by Crippen LogP contribution is -2.50. The number of hydrogen-bond donors (Lipinski definition) is 0. The van der Waals surface area contributed by atoms with Gasteiger partial charge in [0.15, 0.2) is 35.1 Å². The molecule has 0 spiro atoms. The third kappa shape index (κ3) is 4.08. The van der Waals surface area contributed by atoms with Crippen LogP contribution in [0.25, 0.3) is 16.9 Å². The number of amides is 1. The van der Waals surface area contributed by atoms with Gasteiger partial charge < -0.3 is 19.3 Å². The van der Waals surface area contributed by atoms with Gasteiger partial charge in [0.1, 0.15) is 11.9 Å². The first-order chi connectivity index (χ1) is 17.5. The Hall–Kier alpha value is -4.21. The Bertz CT molecular complexity index is 1410. The zero-order chi connectivity index (χ0) is 24.7. The fourth-order valence-corrected chi connectivity index (χ4v) is 4.81. The molecule has 4 heterocycles. The molecular weight excluding hydrogens is 458 g/mol. The second kappa shape index (κ2) is 8.78. The van der Waals surface area contributed by atoms with Gasteiger partial charge in [-0.3, -0.25) is 4.79 Å². The zero-order valence-corrected chi connectivity index (χ0v) is 20.3. The van der Waals surface area contributed by atoms with E-state index in [2.05, 4.69) is 39.0 Å². The average Bonchev–Trinajstić information content (AvgIpc) is 3.47. The number of hydrogen-bond acceptors (Lipinski definition) is 8. The van der Waals surface area contributed by atoms with E-state index in [1.807, 2.05) is 53.4 Å². The molecule has 0 atom stereocenters. The summed E-state index contributed by atoms with van der Waals surface area (Å²) in [5.41, 5.74) is 3.03. The van der Waals surface area contributed by atoms with E-state index in [0.717, 1.165) is 29.2 Å². The van der Waals surface area contributed by atoms with Crippen LogP contribution < -0.4 is 14.4 Å². The first-order valence-electron chi connectivity index (χ1n) is 12.1. The van der Waals surface area contributed by atoms with Crippen molar-refractivity contribution in [3.05, 3.63) is 60.4 Å². The van der Waals surface area contributed by atoms with Gasteiger partial charge in [0, 0.05) is 38.2 Å². The van der Waals surface area contributed by atoms with Crippen molar-refractivity contribution >= 4 is 22.9 Å². The van der Waals surface area contributed by atoms with Crippen LogP contribution in [0, 0.1) is 0 Å². The standard InChI is InChI=1S/C26H27N7O3/c1-26(2)15-18-7-6-10-20(23(18)36-26)35-16-21(34)31-11-13-32(14-12-31)24-22-25(28-17-27-24)33(30-29-22)19-8-4-3-5-9-19/h3-10,17H,11-16H2,1-2H3. The molecule has 0 N–H and O–H groups in total. The molecule has 6 rings (SSSR count). The predicted molar refractivity (Wildman–Crippen MR) is 134 cm³/mol. The Labute approximate surface area is 208 Å². The molecule has 1 saturated heterocycles. The van der Waals surface area contributed by atoms with Gasteiger partial charge in [-0.05, 0) is 32.0 Å². The molecule has 184 valence electrons. The molecule has 2 aromatic heterocycles. The summed E-state index contributed by atoms with van der Waals surface area (Å²) in [6.07, 6.45) is 2.36. The number of nitrogens with zero attached hydrogens (tertiary/aromatic N) is 7. The highest BCUT2D eigenvalue weighted by Crippen LogP contribution is 2.41. The van der Waals surface area contributed by atoms with E-state index in [0.29, 0.717) is 43.1 Å². The number of carbonyl (C=O) groups is 1. The molecular formula is C26H27N7O3. The number of ether oxygens (including phenoxy) is 2. The molecule has 1 fully saturated rings. The van der Waals surface area contributed by atoms with Gasteiger partial charge in [-0.1, -0.05) is 35.5 Å². The highest BCUT2D eigenvalue weighted by Gasteiger charge is 2.32. The minimum Gasteiger partial charge on any atom is -0.483 e. The molecule has 0 radical (unpaired) electrons. The van der Waals surface area contributed by atoms with Crippen molar-refractivity contribution in [3.8, 4) is 17.2 Å². The average molecular weight is 486 g/mol. The molecule has 4 aromatic rings. The summed E-state index contributed by atoms with van der Waals surface area (Å²) in [6.45, 7) is 6.48. The fraction of sp³-hybridized carbons (Fsp3) is 0.346. The smallest absolute Gasteiger partial charge is 0.260 e. The molecule has 0 unspecified atom stereocenters. The lowest BCUT2D eigenvalue weighted by molar-refractivity contribution is -0.133. The van der Waals surface area contributed by atoms with Crippen LogP contribution in [-0.4, -0.2) is 74.2 Å². The number of fused-ring (bicyclic) bond motifs is 2. The van der Waals surface area contributed by atoms with Gasteiger partial charge >= 0.3 is 0 Å². The number of rotatable bonds is 5. The molecule has 10 nitrogen and oxygen atoms in total. The summed E-state index contributed by atoms with van der Waals surface area (Å²) in [7, 11) is 0. The van der Waals surface area contributed by atoms with Gasteiger partial charge in [0.2, 0.25) is 0 Å². The van der Waals surface area contributed by atoms with Gasteiger partial charge in [-0.2, -0.15) is 4.68 Å². The van der Waals surface area contributed by atoms with E-state index in [1.54, 1.807) is 4.68 Å². The number of para-hydroxylation sites is 2.